The van der Waals surface area contributed by atoms with Crippen LogP contribution < -0.4 is 10.2 Å². The number of carbonyl (C=O) groups excluding carboxylic acids is 1. The minimum atomic E-state index is -0.316. The summed E-state index contributed by atoms with van der Waals surface area (Å²) >= 11 is 5.87. The molecule has 6 nitrogen and oxygen atoms in total. The van der Waals surface area contributed by atoms with E-state index < -0.39 is 0 Å². The highest BCUT2D eigenvalue weighted by Crippen LogP contribution is 2.19. The van der Waals surface area contributed by atoms with E-state index in [0.29, 0.717) is 29.5 Å². The monoisotopic (exact) mass is 342 g/mol. The molecule has 1 amide bonds. The molecule has 1 aliphatic heterocycles. The van der Waals surface area contributed by atoms with Crippen LogP contribution in [0.5, 0.6) is 0 Å². The van der Waals surface area contributed by atoms with Gasteiger partial charge in [-0.1, -0.05) is 11.6 Å². The van der Waals surface area contributed by atoms with E-state index >= 15 is 0 Å². The summed E-state index contributed by atoms with van der Waals surface area (Å²) in [7, 11) is 0. The first-order chi connectivity index (χ1) is 11.7. The van der Waals surface area contributed by atoms with Crippen LogP contribution in [0.1, 0.15) is 15.9 Å². The fourth-order valence-electron chi connectivity index (χ4n) is 2.39. The zero-order valence-electron chi connectivity index (χ0n) is 12.8. The molecule has 0 unspecified atom stereocenters. The molecule has 1 aromatic carbocycles. The summed E-state index contributed by atoms with van der Waals surface area (Å²) in [6.07, 6.45) is 1.61. The second kappa shape index (κ2) is 7.30. The molecule has 1 fully saturated rings. The molecule has 1 aromatic heterocycles. The molecule has 2 heterocycles. The summed E-state index contributed by atoms with van der Waals surface area (Å²) in [5, 5.41) is 12.1. The summed E-state index contributed by atoms with van der Waals surface area (Å²) in [5.74, 6) is 0.540. The van der Waals surface area contributed by atoms with Gasteiger partial charge in [0.1, 0.15) is 11.9 Å². The number of nitrogens with one attached hydrogen (secondary N) is 1. The lowest BCUT2D eigenvalue weighted by Gasteiger charge is -2.27. The van der Waals surface area contributed by atoms with E-state index in [1.807, 2.05) is 12.1 Å². The smallest absolute Gasteiger partial charge is 0.255 e. The minimum Gasteiger partial charge on any atom is -0.378 e. The number of pyridine rings is 1. The lowest BCUT2D eigenvalue weighted by Crippen LogP contribution is -2.36. The van der Waals surface area contributed by atoms with Gasteiger partial charge in [-0.25, -0.2) is 4.98 Å². The molecule has 1 saturated heterocycles. The van der Waals surface area contributed by atoms with Crippen molar-refractivity contribution >= 4 is 29.0 Å². The van der Waals surface area contributed by atoms with E-state index in [2.05, 4.69) is 15.2 Å². The predicted molar refractivity (Wildman–Crippen MR) is 91.4 cm³/mol. The Bertz CT molecular complexity index is 780. The van der Waals surface area contributed by atoms with Crippen LogP contribution in [0.2, 0.25) is 5.02 Å². The number of carbonyl (C=O) groups is 1. The highest BCUT2D eigenvalue weighted by molar-refractivity contribution is 6.31. The van der Waals surface area contributed by atoms with E-state index in [0.717, 1.165) is 18.9 Å². The van der Waals surface area contributed by atoms with Crippen molar-refractivity contribution in [2.45, 2.75) is 0 Å². The van der Waals surface area contributed by atoms with Crippen LogP contribution in [-0.2, 0) is 4.74 Å². The normalized spacial score (nSPS) is 14.1. The van der Waals surface area contributed by atoms with Gasteiger partial charge in [0.05, 0.1) is 35.7 Å². The molecule has 1 N–H and O–H groups in total. The van der Waals surface area contributed by atoms with Crippen molar-refractivity contribution in [3.63, 3.8) is 0 Å². The van der Waals surface area contributed by atoms with Crippen molar-refractivity contribution in [3.05, 3.63) is 52.7 Å². The van der Waals surface area contributed by atoms with Crippen LogP contribution in [-0.4, -0.2) is 37.2 Å². The quantitative estimate of drug-likeness (QED) is 0.927. The van der Waals surface area contributed by atoms with Crippen LogP contribution in [0.4, 0.5) is 11.5 Å². The molecule has 0 bridgehead atoms. The molecule has 0 atom stereocenters. The third-order valence-corrected chi connectivity index (χ3v) is 4.02. The van der Waals surface area contributed by atoms with E-state index in [1.165, 1.54) is 12.1 Å². The first-order valence-electron chi connectivity index (χ1n) is 7.47. The number of hydrogen-bond donors (Lipinski definition) is 1. The molecule has 0 radical (unpaired) electrons. The number of amides is 1. The first kappa shape index (κ1) is 16.2. The third kappa shape index (κ3) is 3.65. The van der Waals surface area contributed by atoms with Crippen molar-refractivity contribution < 1.29 is 9.53 Å². The topological polar surface area (TPSA) is 78.2 Å². The van der Waals surface area contributed by atoms with E-state index in [-0.39, 0.29) is 11.5 Å². The summed E-state index contributed by atoms with van der Waals surface area (Å²) in [5.41, 5.74) is 1.23. The number of halogens is 1. The third-order valence-electron chi connectivity index (χ3n) is 3.69. The Morgan fingerprint density at radius 1 is 1.29 bits per heavy atom. The Labute approximate surface area is 144 Å². The molecule has 7 heteroatoms. The van der Waals surface area contributed by atoms with Crippen molar-refractivity contribution in [3.8, 4) is 6.07 Å². The number of nitrogens with zero attached hydrogens (tertiary/aromatic N) is 3. The molecule has 1 aliphatic rings. The standard InChI is InChI=1S/C17H15ClN4O2/c18-15-3-1-12(9-13(15)10-19)17(23)21-14-2-4-16(20-11-14)22-5-7-24-8-6-22/h1-4,9,11H,5-8H2,(H,21,23). The van der Waals surface area contributed by atoms with E-state index in [4.69, 9.17) is 21.6 Å². The molecule has 0 aliphatic carbocycles. The molecule has 3 rings (SSSR count). The molecule has 2 aromatic rings. The summed E-state index contributed by atoms with van der Waals surface area (Å²) < 4.78 is 5.32. The van der Waals surface area contributed by atoms with Crippen molar-refractivity contribution in [1.29, 1.82) is 5.26 Å². The molecular weight excluding hydrogens is 328 g/mol. The SMILES string of the molecule is N#Cc1cc(C(=O)Nc2ccc(N3CCOCC3)nc2)ccc1Cl. The van der Waals surface area contributed by atoms with Gasteiger partial charge in [0, 0.05) is 18.7 Å². The van der Waals surface area contributed by atoms with Crippen LogP contribution >= 0.6 is 11.6 Å². The highest BCUT2D eigenvalue weighted by atomic mass is 35.5. The zero-order chi connectivity index (χ0) is 16.9. The van der Waals surface area contributed by atoms with Gasteiger partial charge in [0.15, 0.2) is 0 Å². The minimum absolute atomic E-state index is 0.269. The Kier molecular flexibility index (Phi) is 4.94. The van der Waals surface area contributed by atoms with Gasteiger partial charge < -0.3 is 15.0 Å². The van der Waals surface area contributed by atoms with Gasteiger partial charge in [0.2, 0.25) is 0 Å². The van der Waals surface area contributed by atoms with Crippen molar-refractivity contribution in [2.24, 2.45) is 0 Å². The Morgan fingerprint density at radius 3 is 2.75 bits per heavy atom. The van der Waals surface area contributed by atoms with E-state index in [9.17, 15) is 4.79 Å². The molecular formula is C17H15ClN4O2. The lowest BCUT2D eigenvalue weighted by atomic mass is 10.1. The number of aromatic nitrogens is 1. The lowest BCUT2D eigenvalue weighted by molar-refractivity contribution is 0.102. The Hall–Kier alpha value is -2.62. The van der Waals surface area contributed by atoms with Crippen LogP contribution in [0, 0.1) is 11.3 Å². The maximum atomic E-state index is 12.3. The molecule has 0 spiro atoms. The number of anilines is 2. The van der Waals surface area contributed by atoms with Crippen molar-refractivity contribution in [1.82, 2.24) is 4.98 Å². The summed E-state index contributed by atoms with van der Waals surface area (Å²) in [4.78, 5) is 18.8. The van der Waals surface area contributed by atoms with Gasteiger partial charge in [-0.15, -0.1) is 0 Å². The number of hydrogen-bond acceptors (Lipinski definition) is 5. The Balaban J connectivity index is 1.69. The fourth-order valence-corrected chi connectivity index (χ4v) is 2.55. The average Bonchev–Trinajstić information content (AvgIpc) is 2.63. The number of ether oxygens (including phenoxy) is 1. The average molecular weight is 343 g/mol. The number of rotatable bonds is 3. The van der Waals surface area contributed by atoms with Crippen LogP contribution in [0.3, 0.4) is 0 Å². The largest absolute Gasteiger partial charge is 0.378 e. The van der Waals surface area contributed by atoms with Gasteiger partial charge in [0.25, 0.3) is 5.91 Å². The van der Waals surface area contributed by atoms with E-state index in [1.54, 1.807) is 18.3 Å². The molecule has 24 heavy (non-hydrogen) atoms. The van der Waals surface area contributed by atoms with Gasteiger partial charge in [-0.2, -0.15) is 5.26 Å². The molecule has 0 saturated carbocycles. The van der Waals surface area contributed by atoms with Gasteiger partial charge in [-0.05, 0) is 30.3 Å². The maximum Gasteiger partial charge on any atom is 0.255 e. The number of morpholine rings is 1. The highest BCUT2D eigenvalue weighted by Gasteiger charge is 2.13. The van der Waals surface area contributed by atoms with Crippen molar-refractivity contribution in [2.75, 3.05) is 36.5 Å². The number of benzene rings is 1. The fraction of sp³-hybridized carbons (Fsp3) is 0.235. The molecule has 122 valence electrons. The predicted octanol–water partition coefficient (Wildman–Crippen LogP) is 2.70. The first-order valence-corrected chi connectivity index (χ1v) is 7.85. The second-order valence-electron chi connectivity index (χ2n) is 5.27. The zero-order valence-corrected chi connectivity index (χ0v) is 13.6. The summed E-state index contributed by atoms with van der Waals surface area (Å²) in [6.45, 7) is 3.00. The number of nitriles is 1. The van der Waals surface area contributed by atoms with Crippen LogP contribution in [0.15, 0.2) is 36.5 Å². The van der Waals surface area contributed by atoms with Gasteiger partial charge >= 0.3 is 0 Å². The van der Waals surface area contributed by atoms with Crippen LogP contribution in [0.25, 0.3) is 0 Å². The maximum absolute atomic E-state index is 12.3. The van der Waals surface area contributed by atoms with Gasteiger partial charge in [-0.3, -0.25) is 4.79 Å². The second-order valence-corrected chi connectivity index (χ2v) is 5.67. The summed E-state index contributed by atoms with van der Waals surface area (Å²) in [6, 6.07) is 10.2. The Morgan fingerprint density at radius 2 is 2.08 bits per heavy atom.